The number of amides is 1. The average molecular weight is 273 g/mol. The molecule has 1 rings (SSSR count). The summed E-state index contributed by atoms with van der Waals surface area (Å²) in [6.45, 7) is 0.614. The fourth-order valence-electron chi connectivity index (χ4n) is 1.49. The molecule has 0 fully saturated rings. The molecule has 2 N–H and O–H groups in total. The maximum absolute atomic E-state index is 13.1. The van der Waals surface area contributed by atoms with E-state index in [4.69, 9.17) is 5.73 Å². The zero-order valence-corrected chi connectivity index (χ0v) is 10.2. The van der Waals surface area contributed by atoms with Crippen molar-refractivity contribution in [2.75, 3.05) is 20.1 Å². The van der Waals surface area contributed by atoms with Crippen LogP contribution in [0.15, 0.2) is 12.1 Å². The minimum atomic E-state index is -1.37. The molecule has 1 aromatic carbocycles. The van der Waals surface area contributed by atoms with Crippen LogP contribution in [0.1, 0.15) is 16.8 Å². The van der Waals surface area contributed by atoms with Gasteiger partial charge in [0.25, 0.3) is 11.6 Å². The number of hydrogen-bond acceptors (Lipinski definition) is 4. The molecule has 6 nitrogen and oxygen atoms in total. The number of halogens is 2. The topological polar surface area (TPSA) is 89.5 Å². The summed E-state index contributed by atoms with van der Waals surface area (Å²) in [6, 6.07) is 0.939. The highest BCUT2D eigenvalue weighted by Crippen LogP contribution is 2.23. The van der Waals surface area contributed by atoms with Gasteiger partial charge in [0, 0.05) is 13.6 Å². The van der Waals surface area contributed by atoms with Crippen molar-refractivity contribution < 1.29 is 18.5 Å². The van der Waals surface area contributed by atoms with Crippen LogP contribution in [-0.4, -0.2) is 35.9 Å². The monoisotopic (exact) mass is 273 g/mol. The van der Waals surface area contributed by atoms with Gasteiger partial charge in [-0.2, -0.15) is 0 Å². The lowest BCUT2D eigenvalue weighted by atomic mass is 10.1. The number of carbonyl (C=O) groups excluding carboxylic acids is 1. The van der Waals surface area contributed by atoms with E-state index in [0.717, 1.165) is 0 Å². The van der Waals surface area contributed by atoms with Crippen molar-refractivity contribution in [3.8, 4) is 0 Å². The Morgan fingerprint density at radius 1 is 1.42 bits per heavy atom. The summed E-state index contributed by atoms with van der Waals surface area (Å²) >= 11 is 0. The fraction of sp³-hybridized carbons (Fsp3) is 0.364. The lowest BCUT2D eigenvalue weighted by molar-refractivity contribution is -0.385. The normalized spacial score (nSPS) is 10.3. The molecule has 104 valence electrons. The van der Waals surface area contributed by atoms with Gasteiger partial charge in [0.15, 0.2) is 11.6 Å². The lowest BCUT2D eigenvalue weighted by Gasteiger charge is -2.16. The number of nitro groups is 1. The molecule has 0 aliphatic rings. The van der Waals surface area contributed by atoms with Crippen molar-refractivity contribution in [1.29, 1.82) is 0 Å². The first-order valence-corrected chi connectivity index (χ1v) is 5.47. The van der Waals surface area contributed by atoms with Gasteiger partial charge < -0.3 is 10.6 Å². The van der Waals surface area contributed by atoms with Gasteiger partial charge in [0.05, 0.1) is 11.0 Å². The van der Waals surface area contributed by atoms with Crippen molar-refractivity contribution in [2.24, 2.45) is 5.73 Å². The summed E-state index contributed by atoms with van der Waals surface area (Å²) in [5.41, 5.74) is 4.04. The van der Waals surface area contributed by atoms with Gasteiger partial charge in [-0.25, -0.2) is 8.78 Å². The summed E-state index contributed by atoms with van der Waals surface area (Å²) in [5.74, 6) is -3.42. The van der Waals surface area contributed by atoms with Crippen LogP contribution >= 0.6 is 0 Å². The van der Waals surface area contributed by atoms with Gasteiger partial charge in [0.1, 0.15) is 5.56 Å². The fourth-order valence-corrected chi connectivity index (χ4v) is 1.49. The Morgan fingerprint density at radius 3 is 2.53 bits per heavy atom. The van der Waals surface area contributed by atoms with Crippen LogP contribution in [0, 0.1) is 21.7 Å². The Hall–Kier alpha value is -2.09. The van der Waals surface area contributed by atoms with Gasteiger partial charge in [-0.05, 0) is 19.0 Å². The van der Waals surface area contributed by atoms with Crippen molar-refractivity contribution in [2.45, 2.75) is 6.42 Å². The first-order chi connectivity index (χ1) is 8.88. The summed E-state index contributed by atoms with van der Waals surface area (Å²) in [6.07, 6.45) is 0.500. The Morgan fingerprint density at radius 2 is 2.00 bits per heavy atom. The summed E-state index contributed by atoms with van der Waals surface area (Å²) in [7, 11) is 1.41. The van der Waals surface area contributed by atoms with E-state index in [9.17, 15) is 23.7 Å². The van der Waals surface area contributed by atoms with E-state index in [1.807, 2.05) is 0 Å². The van der Waals surface area contributed by atoms with Crippen LogP contribution in [0.4, 0.5) is 14.5 Å². The molecule has 0 unspecified atom stereocenters. The molecule has 0 bridgehead atoms. The third kappa shape index (κ3) is 3.44. The molecule has 0 saturated heterocycles. The highest BCUT2D eigenvalue weighted by molar-refractivity contribution is 5.98. The molecule has 19 heavy (non-hydrogen) atoms. The van der Waals surface area contributed by atoms with Crippen LogP contribution < -0.4 is 5.73 Å². The number of hydrogen-bond donors (Lipinski definition) is 1. The maximum atomic E-state index is 13.1. The first-order valence-electron chi connectivity index (χ1n) is 5.47. The van der Waals surface area contributed by atoms with Crippen LogP contribution in [0.3, 0.4) is 0 Å². The molecular weight excluding hydrogens is 260 g/mol. The van der Waals surface area contributed by atoms with E-state index in [2.05, 4.69) is 0 Å². The molecule has 0 radical (unpaired) electrons. The minimum Gasteiger partial charge on any atom is -0.341 e. The van der Waals surface area contributed by atoms with E-state index < -0.39 is 33.7 Å². The van der Waals surface area contributed by atoms with Crippen LogP contribution in [-0.2, 0) is 0 Å². The number of nitrogens with zero attached hydrogens (tertiary/aromatic N) is 2. The Kier molecular flexibility index (Phi) is 4.87. The van der Waals surface area contributed by atoms with E-state index >= 15 is 0 Å². The van der Waals surface area contributed by atoms with Crippen molar-refractivity contribution in [1.82, 2.24) is 4.90 Å². The van der Waals surface area contributed by atoms with E-state index in [1.165, 1.54) is 11.9 Å². The van der Waals surface area contributed by atoms with Gasteiger partial charge in [-0.1, -0.05) is 0 Å². The van der Waals surface area contributed by atoms with Crippen LogP contribution in [0.2, 0.25) is 0 Å². The average Bonchev–Trinajstić information content (AvgIpc) is 2.37. The second kappa shape index (κ2) is 6.19. The lowest BCUT2D eigenvalue weighted by Crippen LogP contribution is -2.29. The second-order valence-corrected chi connectivity index (χ2v) is 3.91. The molecule has 1 aromatic rings. The molecule has 0 aliphatic carbocycles. The van der Waals surface area contributed by atoms with Gasteiger partial charge in [0.2, 0.25) is 0 Å². The Balaban J connectivity index is 3.14. The number of nitrogens with two attached hydrogens (primary N) is 1. The standard InChI is InChI=1S/C11H13F2N3O3/c1-15(4-2-3-14)11(17)7-5-8(12)9(13)6-10(7)16(18)19/h5-6H,2-4,14H2,1H3. The smallest absolute Gasteiger partial charge is 0.285 e. The predicted molar refractivity (Wildman–Crippen MR) is 63.6 cm³/mol. The molecule has 0 saturated carbocycles. The molecular formula is C11H13F2N3O3. The number of nitro benzene ring substituents is 1. The summed E-state index contributed by atoms with van der Waals surface area (Å²) < 4.78 is 26.1. The molecule has 0 spiro atoms. The minimum absolute atomic E-state index is 0.269. The SMILES string of the molecule is CN(CCCN)C(=O)c1cc(F)c(F)cc1[N+](=O)[O-]. The zero-order chi connectivity index (χ0) is 14.6. The highest BCUT2D eigenvalue weighted by Gasteiger charge is 2.25. The Bertz CT molecular complexity index is 508. The van der Waals surface area contributed by atoms with E-state index in [1.54, 1.807) is 0 Å². The molecule has 0 aromatic heterocycles. The predicted octanol–water partition coefficient (Wildman–Crippen LogP) is 1.29. The van der Waals surface area contributed by atoms with E-state index in [-0.39, 0.29) is 6.54 Å². The maximum Gasteiger partial charge on any atom is 0.285 e. The number of carbonyl (C=O) groups is 1. The molecule has 0 aliphatic heterocycles. The Labute approximate surface area is 108 Å². The molecule has 0 heterocycles. The number of benzene rings is 1. The summed E-state index contributed by atoms with van der Waals surface area (Å²) in [5, 5.41) is 10.8. The van der Waals surface area contributed by atoms with Gasteiger partial charge >= 0.3 is 0 Å². The molecule has 8 heteroatoms. The van der Waals surface area contributed by atoms with Gasteiger partial charge in [-0.15, -0.1) is 0 Å². The third-order valence-corrected chi connectivity index (χ3v) is 2.51. The van der Waals surface area contributed by atoms with Crippen molar-refractivity contribution >= 4 is 11.6 Å². The molecule has 0 atom stereocenters. The van der Waals surface area contributed by atoms with Crippen molar-refractivity contribution in [3.05, 3.63) is 39.4 Å². The largest absolute Gasteiger partial charge is 0.341 e. The van der Waals surface area contributed by atoms with Gasteiger partial charge in [-0.3, -0.25) is 14.9 Å². The zero-order valence-electron chi connectivity index (χ0n) is 10.2. The summed E-state index contributed by atoms with van der Waals surface area (Å²) in [4.78, 5) is 22.9. The second-order valence-electron chi connectivity index (χ2n) is 3.91. The third-order valence-electron chi connectivity index (χ3n) is 2.51. The first kappa shape index (κ1) is 15.0. The number of rotatable bonds is 5. The van der Waals surface area contributed by atoms with Crippen LogP contribution in [0.25, 0.3) is 0 Å². The molecule has 1 amide bonds. The van der Waals surface area contributed by atoms with Crippen LogP contribution in [0.5, 0.6) is 0 Å². The quantitative estimate of drug-likeness (QED) is 0.646. The van der Waals surface area contributed by atoms with Crippen molar-refractivity contribution in [3.63, 3.8) is 0 Å². The highest BCUT2D eigenvalue weighted by atomic mass is 19.2. The van der Waals surface area contributed by atoms with E-state index in [0.29, 0.717) is 25.1 Å².